The summed E-state index contributed by atoms with van der Waals surface area (Å²) in [6, 6.07) is 161. The molecular formula is C116H110Y5-10. The smallest absolute Gasteiger partial charge is 0 e. The minimum atomic E-state index is 0. The molecule has 599 valence electrons. The Balaban J connectivity index is 0.000000468. The van der Waals surface area contributed by atoms with Crippen molar-refractivity contribution >= 4 is 75.4 Å². The summed E-state index contributed by atoms with van der Waals surface area (Å²) in [5, 5.41) is 17.6. The summed E-state index contributed by atoms with van der Waals surface area (Å²) in [4.78, 5) is 0. The topological polar surface area (TPSA) is 0 Å². The Hall–Kier alpha value is -7.48. The molecule has 0 amide bonds. The predicted molar refractivity (Wildman–Crippen MR) is 510 cm³/mol. The van der Waals surface area contributed by atoms with Gasteiger partial charge in [0.2, 0.25) is 0 Å². The van der Waals surface area contributed by atoms with Gasteiger partial charge >= 0.3 is 0 Å². The van der Waals surface area contributed by atoms with Gasteiger partial charge in [0.1, 0.15) is 0 Å². The van der Waals surface area contributed by atoms with Crippen LogP contribution >= 0.6 is 0 Å². The molecule has 0 aromatic heterocycles. The zero-order valence-corrected chi connectivity index (χ0v) is 87.9. The molecular weight excluding hydrogens is 1840 g/mol. The molecule has 19 aromatic rings. The normalized spacial score (nSPS) is 9.32. The number of benzene rings is 19. The minimum absolute atomic E-state index is 0. The second kappa shape index (κ2) is 63.4. The summed E-state index contributed by atoms with van der Waals surface area (Å²) in [7, 11) is 0. The first kappa shape index (κ1) is 110. The van der Waals surface area contributed by atoms with Crippen LogP contribution in [0.2, 0.25) is 0 Å². The fourth-order valence-corrected chi connectivity index (χ4v) is 12.5. The van der Waals surface area contributed by atoms with Crippen molar-refractivity contribution in [2.75, 3.05) is 0 Å². The molecule has 0 spiro atoms. The minimum Gasteiger partial charge on any atom is -0.226 e. The molecule has 5 heteroatoms. The molecule has 5 radical (unpaired) electrons. The first-order valence-electron chi connectivity index (χ1n) is 41.0. The number of hydrogen-bond acceptors (Lipinski definition) is 0. The van der Waals surface area contributed by atoms with Crippen molar-refractivity contribution in [1.82, 2.24) is 0 Å². The second-order valence-electron chi connectivity index (χ2n) is 25.2. The van der Waals surface area contributed by atoms with Crippen LogP contribution in [0.1, 0.15) is 105 Å². The standard InChI is InChI=1S/C20H12.3C16H10.2C12H12.C12H8.6C2H6.5Y/c1-2-8-15(9-3-1)20-14-16-10-4-5-11-17(16)18-12-6-7-13-19(18)20;1-2-7-13(8-3-1)16-12-6-10-14-9-4-5-11-15(14)16;2*1-2-6-13(7-3-1)16-11-10-14-8-4-5-9-15(14)12-16;1-9-3-5-11-6-4-10(2)8-12(11)7-9;1-9-7-8-10(2)12-6-4-3-5-11(9)12;1-3-7-11(8-4-1)12-9-5-2-6-10-12;6*1-2;;;;;/h1-8,10-13H;1-7,9-11H;1-6,8-10,12H;1-6,8-11H;2*3-8H,1-2H3;1-7,9H;6*1-2H3;;;;;/q4*-2;;;-2;;;;;;;;;;;. The number of fused-ring (bicyclic) bond motifs is 8. The van der Waals surface area contributed by atoms with Gasteiger partial charge in [0.15, 0.2) is 0 Å². The van der Waals surface area contributed by atoms with Crippen LogP contribution in [-0.2, 0) is 164 Å². The fraction of sp³-hybridized carbons (Fsp3) is 0.138. The van der Waals surface area contributed by atoms with E-state index in [1.165, 1.54) is 86.9 Å². The van der Waals surface area contributed by atoms with Crippen LogP contribution in [0.3, 0.4) is 0 Å². The van der Waals surface area contributed by atoms with Crippen LogP contribution in [0.4, 0.5) is 0 Å². The Morgan fingerprint density at radius 2 is 0.521 bits per heavy atom. The third-order valence-corrected chi connectivity index (χ3v) is 17.9. The van der Waals surface area contributed by atoms with E-state index in [9.17, 15) is 0 Å². The van der Waals surface area contributed by atoms with Crippen molar-refractivity contribution < 1.29 is 164 Å². The maximum Gasteiger partial charge on any atom is 0 e. The zero-order chi connectivity index (χ0) is 83.1. The third kappa shape index (κ3) is 33.8. The first-order valence-corrected chi connectivity index (χ1v) is 41.0. The third-order valence-electron chi connectivity index (χ3n) is 17.9. The maximum atomic E-state index is 3.55. The molecule has 0 saturated heterocycles. The summed E-state index contributed by atoms with van der Waals surface area (Å²) < 4.78 is 0. The zero-order valence-electron chi connectivity index (χ0n) is 73.7. The van der Waals surface area contributed by atoms with Gasteiger partial charge in [-0.05, 0) is 60.4 Å². The van der Waals surface area contributed by atoms with E-state index in [-0.39, 0.29) is 164 Å². The number of aryl methyl sites for hydroxylation is 4. The van der Waals surface area contributed by atoms with E-state index in [2.05, 4.69) is 313 Å². The molecule has 0 aliphatic heterocycles. The summed E-state index contributed by atoms with van der Waals surface area (Å²) >= 11 is 0. The van der Waals surface area contributed by atoms with Gasteiger partial charge in [-0.3, -0.25) is 0 Å². The summed E-state index contributed by atoms with van der Waals surface area (Å²) in [6.45, 7) is 32.6. The SMILES string of the molecule is CC.CC.CC.CC.CC.CC.Cc1ccc(C)c2ccccc12.Cc1ccc2ccc(C)cc2c1.[Y].[Y].[Y].[Y].[Y].[c-]1ccccc1-c1[c-]c2ccccc2c2ccccc12.[c-]1ccccc1-c1[c-]c2ccccc2cc1.[c-]1ccccc1-c1[c-]cc2ccccc2c1.[c-]1ccccc1-c1[c-]ccc2ccccc12.[c-]1ccccc1-c1[c-]cccc1. The van der Waals surface area contributed by atoms with Crippen LogP contribution in [0.25, 0.3) is 131 Å². The van der Waals surface area contributed by atoms with E-state index in [1.54, 1.807) is 0 Å². The molecule has 19 rings (SSSR count). The predicted octanol–water partition coefficient (Wildman–Crippen LogP) is 33.6. The van der Waals surface area contributed by atoms with Gasteiger partial charge < -0.3 is 0 Å². The molecule has 0 bridgehead atoms. The van der Waals surface area contributed by atoms with E-state index < -0.39 is 0 Å². The van der Waals surface area contributed by atoms with Gasteiger partial charge in [-0.2, -0.15) is 199 Å². The van der Waals surface area contributed by atoms with Gasteiger partial charge in [-0.25, -0.2) is 44.5 Å². The van der Waals surface area contributed by atoms with Crippen molar-refractivity contribution in [2.24, 2.45) is 0 Å². The Labute approximate surface area is 853 Å². The molecule has 121 heavy (non-hydrogen) atoms. The van der Waals surface area contributed by atoms with E-state index in [4.69, 9.17) is 0 Å². The maximum absolute atomic E-state index is 3.55. The van der Waals surface area contributed by atoms with Crippen molar-refractivity contribution in [3.8, 4) is 55.6 Å². The molecule has 0 aliphatic carbocycles. The first-order chi connectivity index (χ1) is 57.3. The fourth-order valence-electron chi connectivity index (χ4n) is 12.5. The Morgan fingerprint density at radius 3 is 0.983 bits per heavy atom. The Morgan fingerprint density at radius 1 is 0.174 bits per heavy atom. The van der Waals surface area contributed by atoms with Gasteiger partial charge in [-0.15, -0.1) is 110 Å². The largest absolute Gasteiger partial charge is 0.226 e. The van der Waals surface area contributed by atoms with Crippen molar-refractivity contribution in [2.45, 2.75) is 111 Å². The van der Waals surface area contributed by atoms with Crippen LogP contribution in [0.15, 0.2) is 376 Å². The van der Waals surface area contributed by atoms with Crippen LogP contribution < -0.4 is 0 Å². The molecule has 0 atom stereocenters. The average Bonchev–Trinajstić information content (AvgIpc) is 0.764. The molecule has 0 saturated carbocycles. The summed E-state index contributed by atoms with van der Waals surface area (Å²) in [5.74, 6) is 0. The van der Waals surface area contributed by atoms with Crippen molar-refractivity contribution in [3.63, 3.8) is 0 Å². The average molecular weight is 1950 g/mol. The van der Waals surface area contributed by atoms with Crippen molar-refractivity contribution in [1.29, 1.82) is 0 Å². The molecule has 0 nitrogen and oxygen atoms in total. The summed E-state index contributed by atoms with van der Waals surface area (Å²) in [6.07, 6.45) is 0. The van der Waals surface area contributed by atoms with Gasteiger partial charge in [0.25, 0.3) is 0 Å². The molecule has 0 fully saturated rings. The quantitative estimate of drug-likeness (QED) is 0.119. The monoisotopic (exact) mass is 1950 g/mol. The summed E-state index contributed by atoms with van der Waals surface area (Å²) in [5.41, 5.74) is 16.4. The van der Waals surface area contributed by atoms with Gasteiger partial charge in [0.05, 0.1) is 0 Å². The van der Waals surface area contributed by atoms with Crippen LogP contribution in [0.5, 0.6) is 0 Å². The molecule has 19 aromatic carbocycles. The van der Waals surface area contributed by atoms with Crippen LogP contribution in [0, 0.1) is 88.4 Å². The number of rotatable bonds is 5. The van der Waals surface area contributed by atoms with Gasteiger partial charge in [0, 0.05) is 164 Å². The molecule has 0 aliphatic rings. The second-order valence-corrected chi connectivity index (χ2v) is 25.2. The molecule has 0 N–H and O–H groups in total. The Bertz CT molecular complexity index is 5710. The van der Waals surface area contributed by atoms with E-state index in [1.807, 2.05) is 235 Å². The van der Waals surface area contributed by atoms with Gasteiger partial charge in [-0.1, -0.05) is 286 Å². The molecule has 0 heterocycles. The van der Waals surface area contributed by atoms with E-state index in [0.29, 0.717) is 0 Å². The van der Waals surface area contributed by atoms with Crippen molar-refractivity contribution in [3.05, 3.63) is 459 Å². The Kier molecular flexibility index (Phi) is 57.5. The number of hydrogen-bond donors (Lipinski definition) is 0. The van der Waals surface area contributed by atoms with E-state index in [0.717, 1.165) is 66.4 Å². The molecule has 0 unspecified atom stereocenters. The van der Waals surface area contributed by atoms with E-state index >= 15 is 0 Å². The van der Waals surface area contributed by atoms with Crippen LogP contribution in [-0.4, -0.2) is 0 Å².